The number of carbonyl (C=O) groups excluding carboxylic acids is 1. The molecule has 0 aliphatic heterocycles. The van der Waals surface area contributed by atoms with Crippen molar-refractivity contribution >= 4 is 27.5 Å². The van der Waals surface area contributed by atoms with Crippen LogP contribution in [0.25, 0.3) is 10.2 Å². The predicted octanol–water partition coefficient (Wildman–Crippen LogP) is 2.85. The van der Waals surface area contributed by atoms with E-state index in [1.807, 2.05) is 13.8 Å². The van der Waals surface area contributed by atoms with Gasteiger partial charge in [-0.05, 0) is 39.2 Å². The SMILES string of the molecule is Cc1noc(CCNC(=O)c2sc3nc(C4CC4)nc(C)c3c2C)n1. The standard InChI is InChI=1S/C17H19N5O2S/c1-8-13-9(2)19-15(11-4-5-11)21-17(13)25-14(8)16(23)18-7-6-12-20-10(3)22-24-12/h11H,4-7H2,1-3H3,(H,18,23). The van der Waals surface area contributed by atoms with Crippen molar-refractivity contribution in [1.82, 2.24) is 25.4 Å². The summed E-state index contributed by atoms with van der Waals surface area (Å²) in [5, 5.41) is 7.67. The third-order valence-corrected chi connectivity index (χ3v) is 5.52. The lowest BCUT2D eigenvalue weighted by Crippen LogP contribution is -2.25. The molecule has 0 spiro atoms. The van der Waals surface area contributed by atoms with Gasteiger partial charge in [0.05, 0.1) is 10.6 Å². The molecule has 1 aliphatic rings. The van der Waals surface area contributed by atoms with Crippen molar-refractivity contribution in [2.45, 2.75) is 46.0 Å². The number of thiophene rings is 1. The highest BCUT2D eigenvalue weighted by Gasteiger charge is 2.28. The second-order valence-corrected chi connectivity index (χ2v) is 7.42. The quantitative estimate of drug-likeness (QED) is 0.754. The second-order valence-electron chi connectivity index (χ2n) is 6.42. The summed E-state index contributed by atoms with van der Waals surface area (Å²) < 4.78 is 5.05. The maximum absolute atomic E-state index is 12.6. The Balaban J connectivity index is 1.52. The number of hydrogen-bond donors (Lipinski definition) is 1. The van der Waals surface area contributed by atoms with Crippen LogP contribution in [0, 0.1) is 20.8 Å². The minimum atomic E-state index is -0.0934. The number of fused-ring (bicyclic) bond motifs is 1. The van der Waals surface area contributed by atoms with Gasteiger partial charge in [-0.15, -0.1) is 11.3 Å². The number of rotatable bonds is 5. The van der Waals surface area contributed by atoms with Crippen molar-refractivity contribution in [1.29, 1.82) is 0 Å². The summed E-state index contributed by atoms with van der Waals surface area (Å²) in [6.07, 6.45) is 2.84. The maximum atomic E-state index is 12.6. The Hall–Kier alpha value is -2.35. The Morgan fingerprint density at radius 3 is 2.72 bits per heavy atom. The van der Waals surface area contributed by atoms with Gasteiger partial charge in [0.1, 0.15) is 10.7 Å². The molecule has 3 aromatic rings. The molecule has 130 valence electrons. The fourth-order valence-corrected chi connectivity index (χ4v) is 4.06. The van der Waals surface area contributed by atoms with Crippen molar-refractivity contribution in [2.75, 3.05) is 6.54 Å². The molecule has 3 heterocycles. The number of hydrogen-bond acceptors (Lipinski definition) is 7. The smallest absolute Gasteiger partial charge is 0.261 e. The van der Waals surface area contributed by atoms with Crippen molar-refractivity contribution < 1.29 is 9.32 Å². The lowest BCUT2D eigenvalue weighted by Gasteiger charge is -2.03. The molecule has 1 N–H and O–H groups in total. The molecule has 1 saturated carbocycles. The number of carbonyl (C=O) groups is 1. The van der Waals surface area contributed by atoms with E-state index in [1.165, 1.54) is 11.3 Å². The summed E-state index contributed by atoms with van der Waals surface area (Å²) in [5.41, 5.74) is 1.91. The summed E-state index contributed by atoms with van der Waals surface area (Å²) >= 11 is 1.44. The first kappa shape index (κ1) is 16.1. The molecule has 8 heteroatoms. The fraction of sp³-hybridized carbons (Fsp3) is 0.471. The van der Waals surface area contributed by atoms with Crippen molar-refractivity contribution in [3.8, 4) is 0 Å². The van der Waals surface area contributed by atoms with Gasteiger partial charge in [0.25, 0.3) is 5.91 Å². The molecule has 0 bridgehead atoms. The van der Waals surface area contributed by atoms with Crippen LogP contribution < -0.4 is 5.32 Å². The predicted molar refractivity (Wildman–Crippen MR) is 93.9 cm³/mol. The molecule has 0 atom stereocenters. The number of aromatic nitrogens is 4. The molecule has 0 unspecified atom stereocenters. The summed E-state index contributed by atoms with van der Waals surface area (Å²) in [4.78, 5) is 27.6. The van der Waals surface area contributed by atoms with E-state index >= 15 is 0 Å². The van der Waals surface area contributed by atoms with E-state index in [4.69, 9.17) is 4.52 Å². The van der Waals surface area contributed by atoms with Crippen LogP contribution in [0.4, 0.5) is 0 Å². The van der Waals surface area contributed by atoms with Gasteiger partial charge >= 0.3 is 0 Å². The number of aryl methyl sites for hydroxylation is 3. The van der Waals surface area contributed by atoms with Crippen LogP contribution in [-0.4, -0.2) is 32.6 Å². The van der Waals surface area contributed by atoms with E-state index in [0.717, 1.165) is 40.1 Å². The third-order valence-electron chi connectivity index (χ3n) is 4.33. The van der Waals surface area contributed by atoms with E-state index < -0.39 is 0 Å². The number of amides is 1. The van der Waals surface area contributed by atoms with E-state index in [9.17, 15) is 4.79 Å². The average molecular weight is 357 g/mol. The molecule has 0 saturated heterocycles. The monoisotopic (exact) mass is 357 g/mol. The third kappa shape index (κ3) is 3.13. The zero-order valence-electron chi connectivity index (χ0n) is 14.4. The summed E-state index contributed by atoms with van der Waals surface area (Å²) in [5.74, 6) is 2.46. The van der Waals surface area contributed by atoms with Gasteiger partial charge in [0.15, 0.2) is 5.82 Å². The van der Waals surface area contributed by atoms with Gasteiger partial charge in [-0.25, -0.2) is 9.97 Å². The number of nitrogens with one attached hydrogen (secondary N) is 1. The highest BCUT2D eigenvalue weighted by Crippen LogP contribution is 2.40. The topological polar surface area (TPSA) is 93.8 Å². The summed E-state index contributed by atoms with van der Waals surface area (Å²) in [6.45, 7) is 6.18. The molecule has 0 radical (unpaired) electrons. The largest absolute Gasteiger partial charge is 0.351 e. The summed E-state index contributed by atoms with van der Waals surface area (Å²) in [7, 11) is 0. The van der Waals surface area contributed by atoms with Gasteiger partial charge in [0.2, 0.25) is 5.89 Å². The van der Waals surface area contributed by atoms with Crippen molar-refractivity contribution in [2.24, 2.45) is 0 Å². The van der Waals surface area contributed by atoms with E-state index in [-0.39, 0.29) is 5.91 Å². The van der Waals surface area contributed by atoms with Crippen LogP contribution >= 0.6 is 11.3 Å². The molecular weight excluding hydrogens is 338 g/mol. The molecule has 4 rings (SSSR count). The molecule has 1 fully saturated rings. The van der Waals surface area contributed by atoms with Crippen LogP contribution in [0.1, 0.15) is 57.2 Å². The van der Waals surface area contributed by atoms with Crippen LogP contribution in [0.3, 0.4) is 0 Å². The number of nitrogens with zero attached hydrogens (tertiary/aromatic N) is 4. The van der Waals surface area contributed by atoms with Crippen molar-refractivity contribution in [3.05, 3.63) is 33.7 Å². The van der Waals surface area contributed by atoms with E-state index in [1.54, 1.807) is 6.92 Å². The molecular formula is C17H19N5O2S. The normalized spacial score (nSPS) is 14.2. The lowest BCUT2D eigenvalue weighted by molar-refractivity contribution is 0.0957. The van der Waals surface area contributed by atoms with Gasteiger partial charge in [-0.1, -0.05) is 5.16 Å². The molecule has 1 aliphatic carbocycles. The Bertz CT molecular complexity index is 958. The highest BCUT2D eigenvalue weighted by atomic mass is 32.1. The molecule has 3 aromatic heterocycles. The van der Waals surface area contributed by atoms with Crippen LogP contribution in [0.5, 0.6) is 0 Å². The van der Waals surface area contributed by atoms with E-state index in [0.29, 0.717) is 35.5 Å². The molecule has 1 amide bonds. The molecule has 7 nitrogen and oxygen atoms in total. The first-order valence-electron chi connectivity index (χ1n) is 8.38. The van der Waals surface area contributed by atoms with Crippen LogP contribution in [0.2, 0.25) is 0 Å². The Morgan fingerprint density at radius 1 is 1.24 bits per heavy atom. The van der Waals surface area contributed by atoms with Crippen molar-refractivity contribution in [3.63, 3.8) is 0 Å². The van der Waals surface area contributed by atoms with Gasteiger partial charge < -0.3 is 9.84 Å². The minimum Gasteiger partial charge on any atom is -0.351 e. The summed E-state index contributed by atoms with van der Waals surface area (Å²) in [6, 6.07) is 0. The van der Waals surface area contributed by atoms with Crippen LogP contribution in [-0.2, 0) is 6.42 Å². The zero-order valence-corrected chi connectivity index (χ0v) is 15.2. The maximum Gasteiger partial charge on any atom is 0.261 e. The lowest BCUT2D eigenvalue weighted by atomic mass is 10.1. The zero-order chi connectivity index (χ0) is 17.6. The Kier molecular flexibility index (Phi) is 3.99. The van der Waals surface area contributed by atoms with Crippen LogP contribution in [0.15, 0.2) is 4.52 Å². The van der Waals surface area contributed by atoms with Gasteiger partial charge in [-0.3, -0.25) is 4.79 Å². The Labute approximate surface area is 148 Å². The first-order chi connectivity index (χ1) is 12.0. The van der Waals surface area contributed by atoms with Gasteiger partial charge in [-0.2, -0.15) is 4.98 Å². The van der Waals surface area contributed by atoms with E-state index in [2.05, 4.69) is 25.4 Å². The highest BCUT2D eigenvalue weighted by molar-refractivity contribution is 7.20. The molecule has 0 aromatic carbocycles. The molecule has 25 heavy (non-hydrogen) atoms. The minimum absolute atomic E-state index is 0.0934. The second kappa shape index (κ2) is 6.18. The first-order valence-corrected chi connectivity index (χ1v) is 9.19. The fourth-order valence-electron chi connectivity index (χ4n) is 2.91. The van der Waals surface area contributed by atoms with Gasteiger partial charge in [0, 0.05) is 24.3 Å². The Morgan fingerprint density at radius 2 is 2.04 bits per heavy atom. The average Bonchev–Trinajstić information content (AvgIpc) is 3.26.